The molecular formula is C17H17N3O3S2. The Bertz CT molecular complexity index is 1030. The van der Waals surface area contributed by atoms with E-state index in [4.69, 9.17) is 5.73 Å². The lowest BCUT2D eigenvalue weighted by Crippen LogP contribution is -2.14. The van der Waals surface area contributed by atoms with Crippen LogP contribution in [0.1, 0.15) is 11.3 Å². The van der Waals surface area contributed by atoms with E-state index >= 15 is 0 Å². The minimum absolute atomic E-state index is 0.0689. The highest BCUT2D eigenvalue weighted by molar-refractivity contribution is 7.92. The summed E-state index contributed by atoms with van der Waals surface area (Å²) < 4.78 is 28.1. The molecule has 3 aromatic rings. The number of nitrogen functional groups attached to an aromatic ring is 1. The molecule has 0 saturated carbocycles. The lowest BCUT2D eigenvalue weighted by Gasteiger charge is -2.12. The van der Waals surface area contributed by atoms with Crippen molar-refractivity contribution in [2.24, 2.45) is 0 Å². The van der Waals surface area contributed by atoms with Crippen molar-refractivity contribution >= 4 is 32.2 Å². The van der Waals surface area contributed by atoms with E-state index in [1.165, 1.54) is 35.6 Å². The summed E-state index contributed by atoms with van der Waals surface area (Å²) in [6.45, 7) is 3.58. The minimum Gasteiger partial charge on any atom is -0.508 e. The number of hydrogen-bond acceptors (Lipinski definition) is 6. The first-order valence-corrected chi connectivity index (χ1v) is 9.72. The summed E-state index contributed by atoms with van der Waals surface area (Å²) in [7, 11) is -3.77. The molecule has 25 heavy (non-hydrogen) atoms. The molecule has 0 unspecified atom stereocenters. The van der Waals surface area contributed by atoms with Crippen LogP contribution in [-0.4, -0.2) is 18.5 Å². The van der Waals surface area contributed by atoms with Crippen LogP contribution >= 0.6 is 11.3 Å². The predicted molar refractivity (Wildman–Crippen MR) is 100 cm³/mol. The Morgan fingerprint density at radius 2 is 1.80 bits per heavy atom. The van der Waals surface area contributed by atoms with E-state index in [0.29, 0.717) is 16.4 Å². The van der Waals surface area contributed by atoms with Gasteiger partial charge in [0.15, 0.2) is 5.13 Å². The van der Waals surface area contributed by atoms with Crippen molar-refractivity contribution in [3.05, 3.63) is 53.7 Å². The molecule has 0 saturated heterocycles. The number of nitrogens with two attached hydrogens (primary N) is 1. The third kappa shape index (κ3) is 3.59. The topological polar surface area (TPSA) is 105 Å². The number of sulfonamides is 1. The highest BCUT2D eigenvalue weighted by Gasteiger charge is 2.19. The molecule has 1 heterocycles. The fraction of sp³-hybridized carbons (Fsp3) is 0.118. The van der Waals surface area contributed by atoms with E-state index in [-0.39, 0.29) is 10.6 Å². The van der Waals surface area contributed by atoms with Crippen molar-refractivity contribution < 1.29 is 13.5 Å². The van der Waals surface area contributed by atoms with Gasteiger partial charge in [-0.15, -0.1) is 0 Å². The number of benzene rings is 2. The number of thiazole rings is 1. The second-order valence-corrected chi connectivity index (χ2v) is 8.28. The molecule has 6 nitrogen and oxygen atoms in total. The van der Waals surface area contributed by atoms with E-state index in [1.807, 2.05) is 13.0 Å². The van der Waals surface area contributed by atoms with Crippen LogP contribution in [0.4, 0.5) is 10.8 Å². The number of anilines is 2. The highest BCUT2D eigenvalue weighted by atomic mass is 32.2. The number of hydrogen-bond donors (Lipinski definition) is 3. The van der Waals surface area contributed by atoms with Gasteiger partial charge in [0.1, 0.15) is 5.75 Å². The van der Waals surface area contributed by atoms with E-state index < -0.39 is 10.0 Å². The molecule has 0 bridgehead atoms. The van der Waals surface area contributed by atoms with Crippen LogP contribution in [0.3, 0.4) is 0 Å². The molecule has 0 amide bonds. The molecule has 4 N–H and O–H groups in total. The minimum atomic E-state index is -3.77. The largest absolute Gasteiger partial charge is 0.508 e. The molecule has 0 aliphatic heterocycles. The van der Waals surface area contributed by atoms with Crippen LogP contribution < -0.4 is 10.5 Å². The molecule has 1 aromatic heterocycles. The van der Waals surface area contributed by atoms with Gasteiger partial charge in [-0.3, -0.25) is 4.72 Å². The lowest BCUT2D eigenvalue weighted by atomic mass is 10.1. The number of rotatable bonds is 4. The third-order valence-corrected chi connectivity index (χ3v) is 6.23. The summed E-state index contributed by atoms with van der Waals surface area (Å²) in [4.78, 5) is 5.22. The Morgan fingerprint density at radius 1 is 1.12 bits per heavy atom. The molecule has 8 heteroatoms. The number of nitrogens with one attached hydrogen (secondary N) is 1. The fourth-order valence-electron chi connectivity index (χ4n) is 2.46. The molecule has 0 atom stereocenters. The van der Waals surface area contributed by atoms with Gasteiger partial charge >= 0.3 is 0 Å². The summed E-state index contributed by atoms with van der Waals surface area (Å²) >= 11 is 1.32. The average molecular weight is 375 g/mol. The molecule has 0 fully saturated rings. The molecule has 3 rings (SSSR count). The Labute approximate surface area is 150 Å². The van der Waals surface area contributed by atoms with Crippen LogP contribution in [0.25, 0.3) is 10.4 Å². The lowest BCUT2D eigenvalue weighted by molar-refractivity contribution is 0.475. The zero-order chi connectivity index (χ0) is 18.2. The van der Waals surface area contributed by atoms with Gasteiger partial charge in [0, 0.05) is 5.69 Å². The molecule has 0 spiro atoms. The number of aromatic nitrogens is 1. The van der Waals surface area contributed by atoms with Gasteiger partial charge in [0.2, 0.25) is 0 Å². The van der Waals surface area contributed by atoms with E-state index in [2.05, 4.69) is 9.71 Å². The first-order valence-electron chi connectivity index (χ1n) is 7.42. The zero-order valence-electron chi connectivity index (χ0n) is 13.6. The van der Waals surface area contributed by atoms with Gasteiger partial charge in [0.25, 0.3) is 10.0 Å². The monoisotopic (exact) mass is 375 g/mol. The zero-order valence-corrected chi connectivity index (χ0v) is 15.3. The summed E-state index contributed by atoms with van der Waals surface area (Å²) in [6.07, 6.45) is 0. The molecule has 2 aromatic carbocycles. The van der Waals surface area contributed by atoms with Crippen LogP contribution in [0.5, 0.6) is 5.75 Å². The molecular weight excluding hydrogens is 358 g/mol. The van der Waals surface area contributed by atoms with Crippen molar-refractivity contribution in [1.82, 2.24) is 4.98 Å². The van der Waals surface area contributed by atoms with Crippen LogP contribution in [-0.2, 0) is 10.0 Å². The fourth-order valence-corrected chi connectivity index (χ4v) is 4.62. The molecule has 0 radical (unpaired) electrons. The van der Waals surface area contributed by atoms with Gasteiger partial charge in [-0.25, -0.2) is 13.4 Å². The summed E-state index contributed by atoms with van der Waals surface area (Å²) in [6, 6.07) is 11.1. The van der Waals surface area contributed by atoms with E-state index in [9.17, 15) is 13.5 Å². The summed E-state index contributed by atoms with van der Waals surface area (Å²) in [5, 5.41) is 9.76. The van der Waals surface area contributed by atoms with Crippen molar-refractivity contribution in [3.8, 4) is 16.2 Å². The maximum absolute atomic E-state index is 12.8. The van der Waals surface area contributed by atoms with E-state index in [0.717, 1.165) is 16.1 Å². The van der Waals surface area contributed by atoms with Gasteiger partial charge < -0.3 is 10.8 Å². The third-order valence-electron chi connectivity index (χ3n) is 3.67. The van der Waals surface area contributed by atoms with Gasteiger partial charge in [-0.2, -0.15) is 0 Å². The van der Waals surface area contributed by atoms with Crippen molar-refractivity contribution in [1.29, 1.82) is 0 Å². The van der Waals surface area contributed by atoms with Crippen molar-refractivity contribution in [3.63, 3.8) is 0 Å². The number of phenolic OH excluding ortho intramolecular Hbond substituents is 1. The summed E-state index contributed by atoms with van der Waals surface area (Å²) in [5.41, 5.74) is 8.26. The van der Waals surface area contributed by atoms with Crippen LogP contribution in [0.15, 0.2) is 47.4 Å². The van der Waals surface area contributed by atoms with Crippen LogP contribution in [0.2, 0.25) is 0 Å². The second kappa shape index (κ2) is 6.38. The number of aromatic hydroxyl groups is 1. The normalized spacial score (nSPS) is 11.4. The van der Waals surface area contributed by atoms with Gasteiger partial charge in [0.05, 0.1) is 15.5 Å². The van der Waals surface area contributed by atoms with Crippen molar-refractivity contribution in [2.75, 3.05) is 10.5 Å². The smallest absolute Gasteiger partial charge is 0.262 e. The Morgan fingerprint density at radius 3 is 2.40 bits per heavy atom. The molecule has 0 aliphatic carbocycles. The number of phenols is 1. The van der Waals surface area contributed by atoms with Crippen LogP contribution in [0, 0.1) is 13.8 Å². The van der Waals surface area contributed by atoms with Gasteiger partial charge in [-0.1, -0.05) is 23.5 Å². The Kier molecular flexibility index (Phi) is 4.40. The number of aryl methyl sites for hydroxylation is 2. The van der Waals surface area contributed by atoms with E-state index in [1.54, 1.807) is 19.1 Å². The number of nitrogens with zero attached hydrogens (tertiary/aromatic N) is 1. The highest BCUT2D eigenvalue weighted by Crippen LogP contribution is 2.33. The first-order chi connectivity index (χ1) is 11.8. The quantitative estimate of drug-likeness (QED) is 0.605. The Balaban J connectivity index is 2.02. The maximum Gasteiger partial charge on any atom is 0.262 e. The summed E-state index contributed by atoms with van der Waals surface area (Å²) in [5.74, 6) is 0.0689. The SMILES string of the molecule is Cc1ccc(-c2sc(N)nc2C)cc1S(=O)(=O)Nc1ccc(O)cc1. The Hall–Kier alpha value is -2.58. The molecule has 130 valence electrons. The second-order valence-electron chi connectivity index (χ2n) is 5.60. The van der Waals surface area contributed by atoms with Gasteiger partial charge in [-0.05, 0) is 55.3 Å². The molecule has 0 aliphatic rings. The average Bonchev–Trinajstić information content (AvgIpc) is 2.88. The van der Waals surface area contributed by atoms with Crippen molar-refractivity contribution in [2.45, 2.75) is 18.7 Å². The maximum atomic E-state index is 12.8. The first kappa shape index (κ1) is 17.2. The standard InChI is InChI=1S/C17H17N3O3S2/c1-10-3-4-12(16-11(2)19-17(18)24-16)9-15(10)25(22,23)20-13-5-7-14(21)8-6-13/h3-9,20-21H,1-2H3,(H2,18,19). The predicted octanol–water partition coefficient (Wildman–Crippen LogP) is 3.52.